The molecule has 2 aliphatic heterocycles. The molecule has 2 saturated heterocycles. The largest absolute Gasteiger partial charge is 0.453 e. The van der Waals surface area contributed by atoms with E-state index in [0.29, 0.717) is 12.1 Å². The number of imidazole rings is 2. The summed E-state index contributed by atoms with van der Waals surface area (Å²) in [5, 5.41) is 7.50. The zero-order chi connectivity index (χ0) is 42.5. The molecule has 14 nitrogen and oxygen atoms in total. The number of aromatic amines is 2. The summed E-state index contributed by atoms with van der Waals surface area (Å²) in [6.07, 6.45) is 8.28. The summed E-state index contributed by atoms with van der Waals surface area (Å²) >= 11 is 0. The molecule has 4 amide bonds. The van der Waals surface area contributed by atoms with E-state index in [2.05, 4.69) is 86.0 Å². The molecule has 4 fully saturated rings. The molecule has 10 rings (SSSR count). The zero-order valence-electron chi connectivity index (χ0n) is 34.6. The molecule has 2 saturated carbocycles. The standard InChI is InChI=1S/C48H48N8O6/c1-61-46(59)51-26-40(57)55-27-48(18-19-48)23-39(55)43-49-25-38(52-43)34-15-14-32-20-31(12-13-33(32)21-34)28-8-10-29(11-9-28)37-24-50-44(53-37)42-35-16-17-36(22-35)56(42)45(58)41(54-47(60)62-2)30-6-4-3-5-7-30/h3-15,20-21,24-25,35-36,39,41-42H,16-19,22-23,26-27H2,1-2H3,(H,49,52)(H,50,53)(H,51,59)(H,54,60)/t35-,36?,39-,41?,42-/m0/s1. The summed E-state index contributed by atoms with van der Waals surface area (Å²) in [5.41, 5.74) is 6.77. The number of ether oxygens (including phenoxy) is 2. The Balaban J connectivity index is 0.834. The molecule has 62 heavy (non-hydrogen) atoms. The van der Waals surface area contributed by atoms with E-state index in [0.717, 1.165) is 94.6 Å². The fraction of sp³-hybridized carbons (Fsp3) is 0.333. The highest BCUT2D eigenvalue weighted by atomic mass is 16.5. The van der Waals surface area contributed by atoms with Crippen LogP contribution in [0.4, 0.5) is 9.59 Å². The molecule has 316 valence electrons. The number of carbonyl (C=O) groups excluding carboxylic acids is 4. The minimum atomic E-state index is -0.873. The second kappa shape index (κ2) is 15.8. The number of piperidine rings is 1. The van der Waals surface area contributed by atoms with Gasteiger partial charge in [-0.3, -0.25) is 9.59 Å². The normalized spacial score (nSPS) is 21.3. The van der Waals surface area contributed by atoms with Gasteiger partial charge in [-0.2, -0.15) is 0 Å². The van der Waals surface area contributed by atoms with Gasteiger partial charge in [-0.25, -0.2) is 19.6 Å². The Morgan fingerprint density at radius 1 is 0.774 bits per heavy atom. The summed E-state index contributed by atoms with van der Waals surface area (Å²) in [6.45, 7) is 0.552. The summed E-state index contributed by atoms with van der Waals surface area (Å²) in [4.78, 5) is 71.9. The Morgan fingerprint density at radius 3 is 2.15 bits per heavy atom. The summed E-state index contributed by atoms with van der Waals surface area (Å²) in [7, 11) is 2.58. The molecule has 4 heterocycles. The Bertz CT molecular complexity index is 2670. The van der Waals surface area contributed by atoms with Crippen molar-refractivity contribution < 1.29 is 28.7 Å². The molecular formula is C48H48N8O6. The highest BCUT2D eigenvalue weighted by molar-refractivity contribution is 5.91. The van der Waals surface area contributed by atoms with Gasteiger partial charge in [-0.1, -0.05) is 78.9 Å². The molecule has 1 spiro atoms. The Morgan fingerprint density at radius 2 is 1.42 bits per heavy atom. The highest BCUT2D eigenvalue weighted by Gasteiger charge is 2.54. The SMILES string of the molecule is COC(=O)NCC(=O)N1CC2(CC2)C[C@H]1c1ncc(-c2ccc3cc(-c4ccc(-c5cnc([C@@H]6[C@H]7CCC(C7)N6C(=O)C(NC(=O)OC)c6ccccc6)[nH]5)cc4)ccc3c2)[nH]1. The molecule has 6 aromatic rings. The number of H-pyrrole nitrogens is 2. The number of methoxy groups -OCH3 is 2. The van der Waals surface area contributed by atoms with Gasteiger partial charge in [0.1, 0.15) is 24.2 Å². The smallest absolute Gasteiger partial charge is 0.407 e. The number of nitrogens with zero attached hydrogens (tertiary/aromatic N) is 4. The molecule has 0 radical (unpaired) electrons. The number of hydrogen-bond acceptors (Lipinski definition) is 8. The average Bonchev–Trinajstić information content (AvgIpc) is 3.95. The third kappa shape index (κ3) is 7.32. The van der Waals surface area contributed by atoms with E-state index in [1.54, 1.807) is 0 Å². The first-order valence-electron chi connectivity index (χ1n) is 21.3. The van der Waals surface area contributed by atoms with Gasteiger partial charge in [0.05, 0.1) is 50.1 Å². The lowest BCUT2D eigenvalue weighted by molar-refractivity contribution is -0.138. The predicted molar refractivity (Wildman–Crippen MR) is 231 cm³/mol. The molecule has 2 unspecified atom stereocenters. The number of carbonyl (C=O) groups is 4. The highest BCUT2D eigenvalue weighted by Crippen LogP contribution is 2.58. The van der Waals surface area contributed by atoms with Crippen LogP contribution in [0.25, 0.3) is 44.4 Å². The topological polar surface area (TPSA) is 175 Å². The first kappa shape index (κ1) is 39.2. The van der Waals surface area contributed by atoms with Crippen molar-refractivity contribution in [2.75, 3.05) is 27.3 Å². The van der Waals surface area contributed by atoms with Crippen LogP contribution >= 0.6 is 0 Å². The number of hydrogen-bond donors (Lipinski definition) is 4. The molecule has 14 heteroatoms. The van der Waals surface area contributed by atoms with Crippen LogP contribution in [-0.4, -0.2) is 87.1 Å². The van der Waals surface area contributed by atoms with Crippen LogP contribution in [0.3, 0.4) is 0 Å². The summed E-state index contributed by atoms with van der Waals surface area (Å²) < 4.78 is 9.54. The molecule has 5 atom stereocenters. The van der Waals surface area contributed by atoms with Gasteiger partial charge in [0.15, 0.2) is 0 Å². The van der Waals surface area contributed by atoms with Crippen LogP contribution in [0, 0.1) is 11.3 Å². The molecule has 4 aliphatic rings. The molecular weight excluding hydrogens is 785 g/mol. The second-order valence-electron chi connectivity index (χ2n) is 17.2. The Kier molecular flexibility index (Phi) is 10.00. The van der Waals surface area contributed by atoms with Crippen LogP contribution in [-0.2, 0) is 19.1 Å². The maximum absolute atomic E-state index is 14.3. The summed E-state index contributed by atoms with van der Waals surface area (Å²) in [5.74, 6) is 1.47. The van der Waals surface area contributed by atoms with Crippen molar-refractivity contribution in [3.8, 4) is 33.6 Å². The monoisotopic (exact) mass is 832 g/mol. The zero-order valence-corrected chi connectivity index (χ0v) is 34.6. The summed E-state index contributed by atoms with van der Waals surface area (Å²) in [6, 6.07) is 29.3. The minimum absolute atomic E-state index is 0.0779. The van der Waals surface area contributed by atoms with E-state index in [4.69, 9.17) is 14.7 Å². The third-order valence-electron chi connectivity index (χ3n) is 13.5. The van der Waals surface area contributed by atoms with Gasteiger partial charge < -0.3 is 39.9 Å². The Labute approximate surface area is 358 Å². The lowest BCUT2D eigenvalue weighted by Gasteiger charge is -2.36. The number of likely N-dealkylation sites (tertiary alicyclic amines) is 2. The van der Waals surface area contributed by atoms with Gasteiger partial charge in [0, 0.05) is 18.2 Å². The molecule has 4 aromatic carbocycles. The van der Waals surface area contributed by atoms with Crippen molar-refractivity contribution in [2.24, 2.45) is 11.3 Å². The van der Waals surface area contributed by atoms with E-state index in [-0.39, 0.29) is 47.8 Å². The van der Waals surface area contributed by atoms with Crippen LogP contribution in [0.1, 0.15) is 73.9 Å². The molecule has 4 N–H and O–H groups in total. The van der Waals surface area contributed by atoms with Crippen molar-refractivity contribution in [3.63, 3.8) is 0 Å². The first-order chi connectivity index (χ1) is 30.2. The van der Waals surface area contributed by atoms with E-state index in [1.165, 1.54) is 14.2 Å². The van der Waals surface area contributed by atoms with E-state index in [9.17, 15) is 19.2 Å². The quantitative estimate of drug-likeness (QED) is 0.108. The number of rotatable bonds is 10. The van der Waals surface area contributed by atoms with Crippen molar-refractivity contribution in [3.05, 3.63) is 121 Å². The fourth-order valence-corrected chi connectivity index (χ4v) is 10.1. The minimum Gasteiger partial charge on any atom is -0.453 e. The van der Waals surface area contributed by atoms with Crippen LogP contribution in [0.15, 0.2) is 103 Å². The maximum Gasteiger partial charge on any atom is 0.407 e. The van der Waals surface area contributed by atoms with Crippen LogP contribution in [0.2, 0.25) is 0 Å². The lowest BCUT2D eigenvalue weighted by atomic mass is 9.96. The van der Waals surface area contributed by atoms with Crippen LogP contribution in [0.5, 0.6) is 0 Å². The average molecular weight is 833 g/mol. The van der Waals surface area contributed by atoms with Crippen molar-refractivity contribution in [1.29, 1.82) is 0 Å². The molecule has 2 bridgehead atoms. The number of amides is 4. The van der Waals surface area contributed by atoms with Gasteiger partial charge in [-0.05, 0) is 95.0 Å². The van der Waals surface area contributed by atoms with Crippen LogP contribution < -0.4 is 10.6 Å². The third-order valence-corrected chi connectivity index (χ3v) is 13.5. The maximum atomic E-state index is 14.3. The van der Waals surface area contributed by atoms with Gasteiger partial charge >= 0.3 is 12.2 Å². The second-order valence-corrected chi connectivity index (χ2v) is 17.2. The lowest BCUT2D eigenvalue weighted by Crippen LogP contribution is -2.47. The predicted octanol–water partition coefficient (Wildman–Crippen LogP) is 7.85. The number of fused-ring (bicyclic) bond motifs is 3. The van der Waals surface area contributed by atoms with E-state index >= 15 is 0 Å². The Hall–Kier alpha value is -6.96. The van der Waals surface area contributed by atoms with Crippen molar-refractivity contribution in [2.45, 2.75) is 62.7 Å². The van der Waals surface area contributed by atoms with Gasteiger partial charge in [-0.15, -0.1) is 0 Å². The first-order valence-corrected chi connectivity index (χ1v) is 21.3. The number of benzene rings is 4. The van der Waals surface area contributed by atoms with Crippen molar-refractivity contribution in [1.82, 2.24) is 40.4 Å². The van der Waals surface area contributed by atoms with E-state index < -0.39 is 18.2 Å². The molecule has 2 aliphatic carbocycles. The molecule has 2 aromatic heterocycles. The fourth-order valence-electron chi connectivity index (χ4n) is 10.1. The number of aromatic nitrogens is 4. The number of alkyl carbamates (subject to hydrolysis) is 2. The van der Waals surface area contributed by atoms with Gasteiger partial charge in [0.2, 0.25) is 5.91 Å². The van der Waals surface area contributed by atoms with Crippen molar-refractivity contribution >= 4 is 34.8 Å². The van der Waals surface area contributed by atoms with E-state index in [1.807, 2.05) is 52.5 Å². The number of nitrogens with one attached hydrogen (secondary N) is 4. The van der Waals surface area contributed by atoms with Gasteiger partial charge in [0.25, 0.3) is 5.91 Å².